The van der Waals surface area contributed by atoms with Gasteiger partial charge in [0.15, 0.2) is 5.76 Å². The minimum absolute atomic E-state index is 0.0921. The first-order valence-electron chi connectivity index (χ1n) is 7.18. The normalized spacial score (nSPS) is 10.7. The summed E-state index contributed by atoms with van der Waals surface area (Å²) < 4.78 is 11.6. The zero-order chi connectivity index (χ0) is 16.9. The zero-order valence-electron chi connectivity index (χ0n) is 12.5. The fourth-order valence-corrected chi connectivity index (χ4v) is 2.05. The number of amides is 1. The lowest BCUT2D eigenvalue weighted by Gasteiger charge is -2.05. The topological polar surface area (TPSA) is 123 Å². The molecule has 9 nitrogen and oxygen atoms in total. The Hall–Kier alpha value is -3.36. The SMILES string of the molecule is O=C(CCn1ccc(=O)[nH]c1=O)NCc1cc(-c2ccco2)on1. The molecule has 0 saturated heterocycles. The number of rotatable bonds is 6. The highest BCUT2D eigenvalue weighted by atomic mass is 16.5. The monoisotopic (exact) mass is 330 g/mol. The molecule has 0 spiro atoms. The first kappa shape index (κ1) is 15.5. The van der Waals surface area contributed by atoms with E-state index in [9.17, 15) is 14.4 Å². The Kier molecular flexibility index (Phi) is 4.41. The maximum absolute atomic E-state index is 11.8. The number of nitrogens with zero attached hydrogens (tertiary/aromatic N) is 2. The largest absolute Gasteiger partial charge is 0.461 e. The number of hydrogen-bond donors (Lipinski definition) is 2. The molecule has 0 aliphatic heterocycles. The molecule has 0 aliphatic carbocycles. The van der Waals surface area contributed by atoms with Crippen LogP contribution >= 0.6 is 0 Å². The molecule has 9 heteroatoms. The lowest BCUT2D eigenvalue weighted by atomic mass is 10.3. The van der Waals surface area contributed by atoms with Crippen LogP contribution in [0.5, 0.6) is 0 Å². The number of furan rings is 1. The number of H-pyrrole nitrogens is 1. The Morgan fingerprint density at radius 1 is 1.29 bits per heavy atom. The number of aromatic amines is 1. The van der Waals surface area contributed by atoms with Crippen molar-refractivity contribution in [2.24, 2.45) is 0 Å². The van der Waals surface area contributed by atoms with Gasteiger partial charge in [-0.1, -0.05) is 5.16 Å². The molecular formula is C15H14N4O5. The second-order valence-corrected chi connectivity index (χ2v) is 4.99. The molecule has 0 aromatic carbocycles. The maximum Gasteiger partial charge on any atom is 0.328 e. The van der Waals surface area contributed by atoms with Gasteiger partial charge < -0.3 is 18.8 Å². The lowest BCUT2D eigenvalue weighted by Crippen LogP contribution is -2.31. The van der Waals surface area contributed by atoms with Gasteiger partial charge in [0.05, 0.1) is 12.8 Å². The summed E-state index contributed by atoms with van der Waals surface area (Å²) in [5.41, 5.74) is -0.468. The summed E-state index contributed by atoms with van der Waals surface area (Å²) in [5, 5.41) is 6.52. The van der Waals surface area contributed by atoms with E-state index in [4.69, 9.17) is 8.94 Å². The van der Waals surface area contributed by atoms with Gasteiger partial charge >= 0.3 is 5.69 Å². The van der Waals surface area contributed by atoms with Crippen LogP contribution in [-0.2, 0) is 17.9 Å². The molecule has 0 aliphatic rings. The van der Waals surface area contributed by atoms with Crippen molar-refractivity contribution >= 4 is 5.91 Å². The summed E-state index contributed by atoms with van der Waals surface area (Å²) in [6.45, 7) is 0.363. The summed E-state index contributed by atoms with van der Waals surface area (Å²) in [4.78, 5) is 36.4. The van der Waals surface area contributed by atoms with E-state index < -0.39 is 11.2 Å². The molecule has 2 N–H and O–H groups in total. The van der Waals surface area contributed by atoms with Gasteiger partial charge in [0, 0.05) is 31.3 Å². The third-order valence-electron chi connectivity index (χ3n) is 3.27. The zero-order valence-corrected chi connectivity index (χ0v) is 12.5. The van der Waals surface area contributed by atoms with Crippen molar-refractivity contribution in [1.82, 2.24) is 20.0 Å². The molecular weight excluding hydrogens is 316 g/mol. The van der Waals surface area contributed by atoms with Gasteiger partial charge in [0.25, 0.3) is 5.56 Å². The number of hydrogen-bond acceptors (Lipinski definition) is 6. The molecule has 124 valence electrons. The first-order chi connectivity index (χ1) is 11.6. The van der Waals surface area contributed by atoms with Gasteiger partial charge in [-0.3, -0.25) is 14.6 Å². The van der Waals surface area contributed by atoms with Crippen molar-refractivity contribution in [3.05, 3.63) is 63.3 Å². The lowest BCUT2D eigenvalue weighted by molar-refractivity contribution is -0.121. The molecule has 3 aromatic heterocycles. The second kappa shape index (κ2) is 6.82. The summed E-state index contributed by atoms with van der Waals surface area (Å²) in [7, 11) is 0. The Bertz CT molecular complexity index is 935. The Morgan fingerprint density at radius 2 is 2.17 bits per heavy atom. The molecule has 0 radical (unpaired) electrons. The predicted molar refractivity (Wildman–Crippen MR) is 82.0 cm³/mol. The molecule has 1 amide bonds. The summed E-state index contributed by atoms with van der Waals surface area (Å²) in [6.07, 6.45) is 2.97. The minimum Gasteiger partial charge on any atom is -0.461 e. The number of carbonyl (C=O) groups is 1. The van der Waals surface area contributed by atoms with Crippen LogP contribution < -0.4 is 16.6 Å². The molecule has 0 atom stereocenters. The fraction of sp³-hybridized carbons (Fsp3) is 0.200. The third kappa shape index (κ3) is 3.69. The van der Waals surface area contributed by atoms with Gasteiger partial charge in [-0.05, 0) is 12.1 Å². The molecule has 0 bridgehead atoms. The highest BCUT2D eigenvalue weighted by Crippen LogP contribution is 2.20. The standard InChI is InChI=1S/C15H14N4O5/c20-13(3-5-19-6-4-14(21)17-15(19)22)16-9-10-8-12(24-18-10)11-2-1-7-23-11/h1-2,4,6-8H,3,5,9H2,(H,16,20)(H,17,21,22). The number of aryl methyl sites for hydroxylation is 1. The smallest absolute Gasteiger partial charge is 0.328 e. The van der Waals surface area contributed by atoms with Gasteiger partial charge in [0.1, 0.15) is 5.69 Å². The van der Waals surface area contributed by atoms with E-state index >= 15 is 0 Å². The highest BCUT2D eigenvalue weighted by molar-refractivity contribution is 5.75. The van der Waals surface area contributed by atoms with Crippen LogP contribution in [0.25, 0.3) is 11.5 Å². The number of carbonyl (C=O) groups excluding carboxylic acids is 1. The second-order valence-electron chi connectivity index (χ2n) is 4.99. The van der Waals surface area contributed by atoms with Crippen LogP contribution in [0.1, 0.15) is 12.1 Å². The summed E-state index contributed by atoms with van der Waals surface area (Å²) >= 11 is 0. The first-order valence-corrected chi connectivity index (χ1v) is 7.18. The average Bonchev–Trinajstić information content (AvgIpc) is 3.23. The average molecular weight is 330 g/mol. The van der Waals surface area contributed by atoms with Crippen LogP contribution in [0, 0.1) is 0 Å². The quantitative estimate of drug-likeness (QED) is 0.678. The molecule has 0 fully saturated rings. The molecule has 3 heterocycles. The number of aromatic nitrogens is 3. The van der Waals surface area contributed by atoms with E-state index in [1.165, 1.54) is 23.1 Å². The van der Waals surface area contributed by atoms with E-state index in [0.717, 1.165) is 0 Å². The van der Waals surface area contributed by atoms with Crippen LogP contribution in [0.4, 0.5) is 0 Å². The van der Waals surface area contributed by atoms with Crippen molar-refractivity contribution in [2.75, 3.05) is 0 Å². The van der Waals surface area contributed by atoms with E-state index in [1.807, 2.05) is 0 Å². The van der Waals surface area contributed by atoms with Gasteiger partial charge in [-0.25, -0.2) is 4.79 Å². The summed E-state index contributed by atoms with van der Waals surface area (Å²) in [5.74, 6) is 0.775. The Labute approximate surface area is 134 Å². The van der Waals surface area contributed by atoms with Crippen molar-refractivity contribution < 1.29 is 13.7 Å². The van der Waals surface area contributed by atoms with Crippen LogP contribution in [-0.4, -0.2) is 20.6 Å². The van der Waals surface area contributed by atoms with Crippen molar-refractivity contribution in [1.29, 1.82) is 0 Å². The van der Waals surface area contributed by atoms with Gasteiger partial charge in [0.2, 0.25) is 11.7 Å². The Balaban J connectivity index is 1.51. The third-order valence-corrected chi connectivity index (χ3v) is 3.27. The van der Waals surface area contributed by atoms with Crippen LogP contribution in [0.15, 0.2) is 55.3 Å². The molecule has 0 saturated carbocycles. The van der Waals surface area contributed by atoms with Gasteiger partial charge in [-0.15, -0.1) is 0 Å². The Morgan fingerprint density at radius 3 is 2.92 bits per heavy atom. The van der Waals surface area contributed by atoms with Gasteiger partial charge in [-0.2, -0.15) is 0 Å². The highest BCUT2D eigenvalue weighted by Gasteiger charge is 2.10. The van der Waals surface area contributed by atoms with Crippen molar-refractivity contribution in [2.45, 2.75) is 19.5 Å². The fourth-order valence-electron chi connectivity index (χ4n) is 2.05. The van der Waals surface area contributed by atoms with Crippen LogP contribution in [0.2, 0.25) is 0 Å². The predicted octanol–water partition coefficient (Wildman–Crippen LogP) is 0.491. The van der Waals surface area contributed by atoms with Crippen LogP contribution in [0.3, 0.4) is 0 Å². The summed E-state index contributed by atoms with van der Waals surface area (Å²) in [6, 6.07) is 6.37. The number of nitrogens with one attached hydrogen (secondary N) is 2. The molecule has 0 unspecified atom stereocenters. The van der Waals surface area contributed by atoms with E-state index in [0.29, 0.717) is 17.2 Å². The van der Waals surface area contributed by atoms with E-state index in [2.05, 4.69) is 15.5 Å². The minimum atomic E-state index is -0.546. The molecule has 3 rings (SSSR count). The van der Waals surface area contributed by atoms with E-state index in [-0.39, 0.29) is 25.4 Å². The van der Waals surface area contributed by atoms with Crippen molar-refractivity contribution in [3.63, 3.8) is 0 Å². The van der Waals surface area contributed by atoms with E-state index in [1.54, 1.807) is 18.2 Å². The molecule has 3 aromatic rings. The molecule has 24 heavy (non-hydrogen) atoms. The maximum atomic E-state index is 11.8. The van der Waals surface area contributed by atoms with Crippen molar-refractivity contribution in [3.8, 4) is 11.5 Å².